The van der Waals surface area contributed by atoms with Crippen molar-refractivity contribution in [3.05, 3.63) is 23.3 Å². The molecule has 1 aromatic rings. The van der Waals surface area contributed by atoms with Gasteiger partial charge >= 0.3 is 0 Å². The maximum Gasteiger partial charge on any atom is 0.161 e. The first-order chi connectivity index (χ1) is 9.19. The largest absolute Gasteiger partial charge is 0.493 e. The fraction of sp³-hybridized carbons (Fsp3) is 0.533. The van der Waals surface area contributed by atoms with Crippen molar-refractivity contribution in [1.82, 2.24) is 4.90 Å². The molecule has 1 aromatic carbocycles. The van der Waals surface area contributed by atoms with Gasteiger partial charge < -0.3 is 9.47 Å². The summed E-state index contributed by atoms with van der Waals surface area (Å²) in [4.78, 5) is 2.34. The lowest BCUT2D eigenvalue weighted by Crippen LogP contribution is -2.37. The first-order valence-corrected chi connectivity index (χ1v) is 6.54. The van der Waals surface area contributed by atoms with Crippen LogP contribution in [0.3, 0.4) is 0 Å². The highest BCUT2D eigenvalue weighted by molar-refractivity contribution is 5.48. The molecule has 0 saturated carbocycles. The average molecular weight is 260 g/mol. The summed E-state index contributed by atoms with van der Waals surface area (Å²) in [6.45, 7) is 3.97. The third-order valence-electron chi connectivity index (χ3n) is 3.76. The predicted octanol–water partition coefficient (Wildman–Crippen LogP) is 2.36. The van der Waals surface area contributed by atoms with Crippen molar-refractivity contribution in [2.24, 2.45) is 0 Å². The molecule has 19 heavy (non-hydrogen) atoms. The van der Waals surface area contributed by atoms with E-state index in [0.717, 1.165) is 31.0 Å². The van der Waals surface area contributed by atoms with Crippen LogP contribution in [0.15, 0.2) is 12.1 Å². The molecular weight excluding hydrogens is 240 g/mol. The van der Waals surface area contributed by atoms with Gasteiger partial charge in [0, 0.05) is 19.1 Å². The Morgan fingerprint density at radius 1 is 1.26 bits per heavy atom. The van der Waals surface area contributed by atoms with Gasteiger partial charge in [0.05, 0.1) is 26.7 Å². The summed E-state index contributed by atoms with van der Waals surface area (Å²) >= 11 is 0. The molecule has 2 rings (SSSR count). The van der Waals surface area contributed by atoms with E-state index in [1.807, 2.05) is 0 Å². The number of methoxy groups -OCH3 is 2. The van der Waals surface area contributed by atoms with E-state index in [2.05, 4.69) is 30.0 Å². The lowest BCUT2D eigenvalue weighted by molar-refractivity contribution is 0.192. The molecular formula is C15H20N2O2. The molecule has 4 heteroatoms. The van der Waals surface area contributed by atoms with Crippen molar-refractivity contribution in [3.63, 3.8) is 0 Å². The number of hydrogen-bond donors (Lipinski definition) is 0. The van der Waals surface area contributed by atoms with Crippen molar-refractivity contribution in [2.45, 2.75) is 32.4 Å². The lowest BCUT2D eigenvalue weighted by atomic mass is 9.97. The van der Waals surface area contributed by atoms with Crippen LogP contribution in [0.2, 0.25) is 0 Å². The highest BCUT2D eigenvalue weighted by atomic mass is 16.5. The molecule has 1 aliphatic heterocycles. The Labute approximate surface area is 114 Å². The lowest BCUT2D eigenvalue weighted by Gasteiger charge is -2.33. The van der Waals surface area contributed by atoms with Crippen molar-refractivity contribution < 1.29 is 9.47 Å². The minimum absolute atomic E-state index is 0.297. The van der Waals surface area contributed by atoms with Gasteiger partial charge in [-0.15, -0.1) is 0 Å². The first-order valence-electron chi connectivity index (χ1n) is 6.54. The highest BCUT2D eigenvalue weighted by Gasteiger charge is 2.22. The van der Waals surface area contributed by atoms with E-state index in [0.29, 0.717) is 12.5 Å². The summed E-state index contributed by atoms with van der Waals surface area (Å²) in [7, 11) is 3.32. The van der Waals surface area contributed by atoms with Crippen molar-refractivity contribution in [3.8, 4) is 17.6 Å². The van der Waals surface area contributed by atoms with Crippen molar-refractivity contribution >= 4 is 0 Å². The first kappa shape index (κ1) is 13.7. The van der Waals surface area contributed by atoms with Gasteiger partial charge in [-0.3, -0.25) is 4.90 Å². The van der Waals surface area contributed by atoms with E-state index < -0.39 is 0 Å². The summed E-state index contributed by atoms with van der Waals surface area (Å²) in [5, 5.41) is 8.80. The van der Waals surface area contributed by atoms with Crippen LogP contribution in [-0.2, 0) is 13.0 Å². The van der Waals surface area contributed by atoms with Crippen LogP contribution in [0.25, 0.3) is 0 Å². The molecule has 0 saturated heterocycles. The minimum atomic E-state index is 0.297. The van der Waals surface area contributed by atoms with Gasteiger partial charge in [0.2, 0.25) is 0 Å². The number of ether oxygens (including phenoxy) is 2. The summed E-state index contributed by atoms with van der Waals surface area (Å²) in [6, 6.07) is 6.67. The average Bonchev–Trinajstić information content (AvgIpc) is 2.45. The van der Waals surface area contributed by atoms with Gasteiger partial charge in [-0.2, -0.15) is 5.26 Å². The van der Waals surface area contributed by atoms with Crippen molar-refractivity contribution in [2.75, 3.05) is 20.8 Å². The Bertz CT molecular complexity index is 494. The Balaban J connectivity index is 2.23. The second-order valence-electron chi connectivity index (χ2n) is 4.91. The standard InChI is InChI=1S/C15H20N2O2/c1-11(4-6-16)17-7-5-12-8-14(18-2)15(19-3)9-13(12)10-17/h8-9,11H,4-5,7,10H2,1-3H3. The minimum Gasteiger partial charge on any atom is -0.493 e. The fourth-order valence-corrected chi connectivity index (χ4v) is 2.54. The van der Waals surface area contributed by atoms with Crippen LogP contribution >= 0.6 is 0 Å². The molecule has 0 aromatic heterocycles. The zero-order valence-electron chi connectivity index (χ0n) is 11.8. The summed E-state index contributed by atoms with van der Waals surface area (Å²) in [6.07, 6.45) is 1.56. The maximum atomic E-state index is 8.80. The number of benzene rings is 1. The molecule has 1 atom stereocenters. The molecule has 1 unspecified atom stereocenters. The van der Waals surface area contributed by atoms with Crippen LogP contribution in [0, 0.1) is 11.3 Å². The fourth-order valence-electron chi connectivity index (χ4n) is 2.54. The zero-order valence-corrected chi connectivity index (χ0v) is 11.8. The SMILES string of the molecule is COc1cc2c(cc1OC)CN(C(C)CC#N)CC2. The van der Waals surface area contributed by atoms with Crippen LogP contribution < -0.4 is 9.47 Å². The van der Waals surface area contributed by atoms with Gasteiger partial charge in [-0.05, 0) is 36.6 Å². The zero-order chi connectivity index (χ0) is 13.8. The quantitative estimate of drug-likeness (QED) is 0.833. The molecule has 0 N–H and O–H groups in total. The van der Waals surface area contributed by atoms with E-state index in [9.17, 15) is 0 Å². The molecule has 0 aliphatic carbocycles. The topological polar surface area (TPSA) is 45.5 Å². The summed E-state index contributed by atoms with van der Waals surface area (Å²) < 4.78 is 10.7. The smallest absolute Gasteiger partial charge is 0.161 e. The van der Waals surface area contributed by atoms with Gasteiger partial charge in [0.15, 0.2) is 11.5 Å². The molecule has 0 bridgehead atoms. The van der Waals surface area contributed by atoms with Crippen LogP contribution in [0.4, 0.5) is 0 Å². The highest BCUT2D eigenvalue weighted by Crippen LogP contribution is 2.33. The number of fused-ring (bicyclic) bond motifs is 1. The van der Waals surface area contributed by atoms with E-state index in [1.54, 1.807) is 14.2 Å². The molecule has 1 heterocycles. The van der Waals surface area contributed by atoms with Gasteiger partial charge in [-0.1, -0.05) is 0 Å². The Morgan fingerprint density at radius 3 is 2.47 bits per heavy atom. The predicted molar refractivity (Wildman–Crippen MR) is 73.4 cm³/mol. The molecule has 0 radical (unpaired) electrons. The maximum absolute atomic E-state index is 8.80. The molecule has 102 valence electrons. The number of nitriles is 1. The third-order valence-corrected chi connectivity index (χ3v) is 3.76. The van der Waals surface area contributed by atoms with Crippen LogP contribution in [0.1, 0.15) is 24.5 Å². The van der Waals surface area contributed by atoms with E-state index in [1.165, 1.54) is 11.1 Å². The number of nitrogens with zero attached hydrogens (tertiary/aromatic N) is 2. The Kier molecular flexibility index (Phi) is 4.28. The van der Waals surface area contributed by atoms with E-state index in [4.69, 9.17) is 14.7 Å². The molecule has 0 amide bonds. The normalized spacial score (nSPS) is 16.3. The Hall–Kier alpha value is -1.73. The van der Waals surface area contributed by atoms with E-state index in [-0.39, 0.29) is 0 Å². The van der Waals surface area contributed by atoms with Crippen LogP contribution in [0.5, 0.6) is 11.5 Å². The molecule has 0 spiro atoms. The van der Waals surface area contributed by atoms with Gasteiger partial charge in [0.1, 0.15) is 0 Å². The monoisotopic (exact) mass is 260 g/mol. The second kappa shape index (κ2) is 5.94. The van der Waals surface area contributed by atoms with E-state index >= 15 is 0 Å². The van der Waals surface area contributed by atoms with Crippen LogP contribution in [-0.4, -0.2) is 31.7 Å². The second-order valence-corrected chi connectivity index (χ2v) is 4.91. The third kappa shape index (κ3) is 2.82. The summed E-state index contributed by atoms with van der Waals surface area (Å²) in [5.41, 5.74) is 2.59. The number of rotatable bonds is 4. The number of hydrogen-bond acceptors (Lipinski definition) is 4. The summed E-state index contributed by atoms with van der Waals surface area (Å²) in [5.74, 6) is 1.57. The van der Waals surface area contributed by atoms with Gasteiger partial charge in [-0.25, -0.2) is 0 Å². The molecule has 1 aliphatic rings. The molecule has 4 nitrogen and oxygen atoms in total. The van der Waals surface area contributed by atoms with Gasteiger partial charge in [0.25, 0.3) is 0 Å². The van der Waals surface area contributed by atoms with Crippen molar-refractivity contribution in [1.29, 1.82) is 5.26 Å². The Morgan fingerprint density at radius 2 is 1.89 bits per heavy atom. The molecule has 0 fully saturated rings.